The van der Waals surface area contributed by atoms with Crippen molar-refractivity contribution in [1.29, 1.82) is 0 Å². The first-order valence-electron chi connectivity index (χ1n) is 4.50. The summed E-state index contributed by atoms with van der Waals surface area (Å²) in [5.41, 5.74) is 6.27. The van der Waals surface area contributed by atoms with Gasteiger partial charge < -0.3 is 10.8 Å². The van der Waals surface area contributed by atoms with Crippen molar-refractivity contribution in [2.45, 2.75) is 20.0 Å². The molecule has 0 saturated carbocycles. The van der Waals surface area contributed by atoms with Gasteiger partial charge in [-0.05, 0) is 25.0 Å². The summed E-state index contributed by atoms with van der Waals surface area (Å²) in [7, 11) is 0. The van der Waals surface area contributed by atoms with E-state index in [-0.39, 0.29) is 5.92 Å². The Kier molecular flexibility index (Phi) is 6.20. The fourth-order valence-corrected chi connectivity index (χ4v) is 0.952. The smallest absolute Gasteiger partial charge is 0.0827 e. The van der Waals surface area contributed by atoms with Crippen molar-refractivity contribution in [1.82, 2.24) is 0 Å². The summed E-state index contributed by atoms with van der Waals surface area (Å²) in [5.74, 6) is 0.0644. The van der Waals surface area contributed by atoms with Crippen LogP contribution in [0.25, 0.3) is 0 Å². The predicted molar refractivity (Wildman–Crippen MR) is 57.3 cm³/mol. The van der Waals surface area contributed by atoms with Gasteiger partial charge in [-0.1, -0.05) is 37.8 Å². The molecule has 2 nitrogen and oxygen atoms in total. The van der Waals surface area contributed by atoms with Crippen molar-refractivity contribution in [3.8, 4) is 0 Å². The van der Waals surface area contributed by atoms with Gasteiger partial charge in [0, 0.05) is 0 Å². The highest BCUT2D eigenvalue weighted by molar-refractivity contribution is 5.26. The highest BCUT2D eigenvalue weighted by atomic mass is 16.3. The minimum atomic E-state index is -0.515. The number of aliphatic hydroxyl groups is 1. The summed E-state index contributed by atoms with van der Waals surface area (Å²) in [5, 5.41) is 9.75. The largest absolute Gasteiger partial charge is 0.388 e. The lowest BCUT2D eigenvalue weighted by atomic mass is 9.97. The molecule has 0 aliphatic carbocycles. The van der Waals surface area contributed by atoms with E-state index in [1.54, 1.807) is 6.08 Å². The van der Waals surface area contributed by atoms with E-state index in [1.807, 2.05) is 32.1 Å². The Balaban J connectivity index is 4.48. The molecule has 0 aliphatic heterocycles. The molecule has 3 N–H and O–H groups in total. The summed E-state index contributed by atoms with van der Waals surface area (Å²) in [6, 6.07) is 0. The quantitative estimate of drug-likeness (QED) is 0.633. The van der Waals surface area contributed by atoms with Crippen molar-refractivity contribution in [2.75, 3.05) is 6.54 Å². The summed E-state index contributed by atoms with van der Waals surface area (Å²) >= 11 is 0. The molecule has 0 aromatic carbocycles. The van der Waals surface area contributed by atoms with E-state index in [2.05, 4.69) is 6.58 Å². The van der Waals surface area contributed by atoms with Crippen molar-refractivity contribution in [2.24, 2.45) is 11.7 Å². The van der Waals surface area contributed by atoms with E-state index >= 15 is 0 Å². The Bertz CT molecular complexity index is 206. The number of hydrogen-bond acceptors (Lipinski definition) is 2. The van der Waals surface area contributed by atoms with Crippen molar-refractivity contribution < 1.29 is 5.11 Å². The Morgan fingerprint density at radius 2 is 2.23 bits per heavy atom. The van der Waals surface area contributed by atoms with Crippen LogP contribution < -0.4 is 5.73 Å². The Labute approximate surface area is 80.5 Å². The number of allylic oxidation sites excluding steroid dienone is 3. The maximum Gasteiger partial charge on any atom is 0.0827 e. The first-order chi connectivity index (χ1) is 6.17. The third kappa shape index (κ3) is 4.06. The van der Waals surface area contributed by atoms with Gasteiger partial charge in [-0.25, -0.2) is 0 Å². The van der Waals surface area contributed by atoms with Crippen LogP contribution in [0.15, 0.2) is 36.5 Å². The van der Waals surface area contributed by atoms with Gasteiger partial charge in [0.25, 0.3) is 0 Å². The lowest BCUT2D eigenvalue weighted by Gasteiger charge is -2.17. The molecule has 0 amide bonds. The van der Waals surface area contributed by atoms with Crippen LogP contribution in [0.5, 0.6) is 0 Å². The molecule has 13 heavy (non-hydrogen) atoms. The van der Waals surface area contributed by atoms with Crippen LogP contribution in [0, 0.1) is 5.92 Å². The molecule has 0 aromatic rings. The van der Waals surface area contributed by atoms with Crippen LogP contribution in [0.4, 0.5) is 0 Å². The van der Waals surface area contributed by atoms with E-state index in [0.717, 1.165) is 5.57 Å². The first kappa shape index (κ1) is 12.1. The minimum Gasteiger partial charge on any atom is -0.388 e. The zero-order chi connectivity index (χ0) is 10.3. The molecule has 0 aromatic heterocycles. The van der Waals surface area contributed by atoms with E-state index < -0.39 is 6.10 Å². The SMILES string of the molecule is C=C/C(=C\C=C/C)[C@@H](O)C(C)CN. The molecule has 74 valence electrons. The van der Waals surface area contributed by atoms with Gasteiger partial charge in [0.1, 0.15) is 0 Å². The Morgan fingerprint density at radius 3 is 2.62 bits per heavy atom. The molecule has 2 heteroatoms. The molecular weight excluding hydrogens is 162 g/mol. The van der Waals surface area contributed by atoms with Gasteiger partial charge in [-0.15, -0.1) is 0 Å². The van der Waals surface area contributed by atoms with E-state index in [9.17, 15) is 5.11 Å². The molecular formula is C11H19NO. The van der Waals surface area contributed by atoms with Crippen LogP contribution in [-0.4, -0.2) is 17.8 Å². The van der Waals surface area contributed by atoms with E-state index in [4.69, 9.17) is 5.73 Å². The third-order valence-electron chi connectivity index (χ3n) is 1.97. The van der Waals surface area contributed by atoms with Gasteiger partial charge in [-0.2, -0.15) is 0 Å². The highest BCUT2D eigenvalue weighted by Crippen LogP contribution is 2.12. The molecule has 0 bridgehead atoms. The molecule has 0 rings (SSSR count). The zero-order valence-corrected chi connectivity index (χ0v) is 8.40. The van der Waals surface area contributed by atoms with E-state index in [1.165, 1.54) is 0 Å². The van der Waals surface area contributed by atoms with Gasteiger partial charge in [0.15, 0.2) is 0 Å². The lowest BCUT2D eigenvalue weighted by molar-refractivity contribution is 0.158. The average molecular weight is 181 g/mol. The topological polar surface area (TPSA) is 46.2 Å². The number of rotatable bonds is 5. The third-order valence-corrected chi connectivity index (χ3v) is 1.97. The van der Waals surface area contributed by atoms with Crippen molar-refractivity contribution >= 4 is 0 Å². The second-order valence-electron chi connectivity index (χ2n) is 3.05. The van der Waals surface area contributed by atoms with Crippen LogP contribution >= 0.6 is 0 Å². The summed E-state index contributed by atoms with van der Waals surface area (Å²) in [6.45, 7) is 7.96. The second-order valence-corrected chi connectivity index (χ2v) is 3.05. The Morgan fingerprint density at radius 1 is 1.62 bits per heavy atom. The predicted octanol–water partition coefficient (Wildman–Crippen LogP) is 1.63. The van der Waals surface area contributed by atoms with Crippen molar-refractivity contribution in [3.05, 3.63) is 36.5 Å². The molecule has 0 saturated heterocycles. The minimum absolute atomic E-state index is 0.0644. The van der Waals surface area contributed by atoms with Gasteiger partial charge in [0.2, 0.25) is 0 Å². The number of hydrogen-bond donors (Lipinski definition) is 2. The van der Waals surface area contributed by atoms with Gasteiger partial charge >= 0.3 is 0 Å². The summed E-state index contributed by atoms with van der Waals surface area (Å²) in [4.78, 5) is 0. The molecule has 2 atom stereocenters. The fraction of sp³-hybridized carbons (Fsp3) is 0.455. The molecule has 1 unspecified atom stereocenters. The maximum absolute atomic E-state index is 9.75. The molecule has 0 aliphatic rings. The van der Waals surface area contributed by atoms with Gasteiger partial charge in [0.05, 0.1) is 6.10 Å². The zero-order valence-electron chi connectivity index (χ0n) is 8.40. The van der Waals surface area contributed by atoms with Crippen LogP contribution in [0.2, 0.25) is 0 Å². The molecule has 0 heterocycles. The lowest BCUT2D eigenvalue weighted by Crippen LogP contribution is -2.26. The number of aliphatic hydroxyl groups excluding tert-OH is 1. The van der Waals surface area contributed by atoms with Crippen molar-refractivity contribution in [3.63, 3.8) is 0 Å². The second kappa shape index (κ2) is 6.63. The van der Waals surface area contributed by atoms with Crippen LogP contribution in [0.1, 0.15) is 13.8 Å². The normalized spacial score (nSPS) is 17.4. The first-order valence-corrected chi connectivity index (χ1v) is 4.50. The average Bonchev–Trinajstić information content (AvgIpc) is 2.17. The molecule has 0 fully saturated rings. The standard InChI is InChI=1S/C11H19NO/c1-4-6-7-10(5-2)11(13)9(3)8-12/h4-7,9,11,13H,2,8,12H2,1,3H3/b6-4-,10-7+/t9?,11-/m0/s1. The van der Waals surface area contributed by atoms with E-state index in [0.29, 0.717) is 6.54 Å². The highest BCUT2D eigenvalue weighted by Gasteiger charge is 2.14. The van der Waals surface area contributed by atoms with Crippen LogP contribution in [-0.2, 0) is 0 Å². The van der Waals surface area contributed by atoms with Gasteiger partial charge in [-0.3, -0.25) is 0 Å². The van der Waals surface area contributed by atoms with Crippen LogP contribution in [0.3, 0.4) is 0 Å². The molecule has 0 spiro atoms. The fourth-order valence-electron chi connectivity index (χ4n) is 0.952. The monoisotopic (exact) mass is 181 g/mol. The summed E-state index contributed by atoms with van der Waals surface area (Å²) in [6.07, 6.45) is 6.78. The Hall–Kier alpha value is -0.860. The maximum atomic E-state index is 9.75. The molecule has 0 radical (unpaired) electrons. The summed E-state index contributed by atoms with van der Waals surface area (Å²) < 4.78 is 0. The number of nitrogens with two attached hydrogens (primary N) is 1.